The van der Waals surface area contributed by atoms with Gasteiger partial charge >= 0.3 is 11.9 Å². The Morgan fingerprint density at radius 2 is 1.71 bits per heavy atom. The second kappa shape index (κ2) is 6.60. The Hall–Kier alpha value is -3.47. The van der Waals surface area contributed by atoms with Gasteiger partial charge in [-0.2, -0.15) is 0 Å². The van der Waals surface area contributed by atoms with E-state index in [9.17, 15) is 14.0 Å². The number of ether oxygens (including phenoxy) is 2. The van der Waals surface area contributed by atoms with E-state index in [2.05, 4.69) is 0 Å². The maximum Gasteiger partial charge on any atom is 0.340 e. The molecule has 0 N–H and O–H groups in total. The fraction of sp³-hybridized carbons (Fsp3) is 0.130. The van der Waals surface area contributed by atoms with Crippen LogP contribution in [0.2, 0.25) is 0 Å². The van der Waals surface area contributed by atoms with Crippen molar-refractivity contribution in [2.45, 2.75) is 19.4 Å². The van der Waals surface area contributed by atoms with Crippen LogP contribution in [-0.4, -0.2) is 11.9 Å². The van der Waals surface area contributed by atoms with E-state index in [4.69, 9.17) is 9.47 Å². The van der Waals surface area contributed by atoms with Crippen molar-refractivity contribution in [1.82, 2.24) is 0 Å². The third kappa shape index (κ3) is 2.76. The van der Waals surface area contributed by atoms with Crippen molar-refractivity contribution in [3.05, 3.63) is 100 Å². The molecule has 0 saturated heterocycles. The Bertz CT molecular complexity index is 1090. The first-order chi connectivity index (χ1) is 13.4. The van der Waals surface area contributed by atoms with Crippen LogP contribution in [-0.2, 0) is 15.1 Å². The molecular weight excluding hydrogens is 359 g/mol. The molecule has 0 spiro atoms. The van der Waals surface area contributed by atoms with Crippen molar-refractivity contribution in [1.29, 1.82) is 0 Å². The average molecular weight is 376 g/mol. The van der Waals surface area contributed by atoms with Crippen molar-refractivity contribution in [2.75, 3.05) is 0 Å². The van der Waals surface area contributed by atoms with Crippen LogP contribution in [0, 0.1) is 12.7 Å². The van der Waals surface area contributed by atoms with E-state index in [1.165, 1.54) is 19.1 Å². The van der Waals surface area contributed by atoms with Gasteiger partial charge in [0.15, 0.2) is 5.60 Å². The zero-order chi connectivity index (χ0) is 19.9. The molecule has 5 heteroatoms. The summed E-state index contributed by atoms with van der Waals surface area (Å²) in [7, 11) is 0. The summed E-state index contributed by atoms with van der Waals surface area (Å²) in [5.41, 5.74) is 1.62. The van der Waals surface area contributed by atoms with E-state index in [1.54, 1.807) is 48.5 Å². The quantitative estimate of drug-likeness (QED) is 0.498. The molecule has 3 aromatic carbocycles. The zero-order valence-electron chi connectivity index (χ0n) is 15.4. The molecule has 3 aromatic rings. The molecule has 1 aliphatic rings. The average Bonchev–Trinajstić information content (AvgIpc) is 2.96. The summed E-state index contributed by atoms with van der Waals surface area (Å²) in [6, 6.07) is 18.1. The lowest BCUT2D eigenvalue weighted by molar-refractivity contribution is -0.132. The fourth-order valence-corrected chi connectivity index (χ4v) is 3.63. The molecule has 4 rings (SSSR count). The number of hydrogen-bond acceptors (Lipinski definition) is 4. The van der Waals surface area contributed by atoms with Gasteiger partial charge in [-0.25, -0.2) is 9.18 Å². The van der Waals surface area contributed by atoms with E-state index in [1.807, 2.05) is 13.0 Å². The highest BCUT2D eigenvalue weighted by atomic mass is 19.1. The SMILES string of the molecule is CC(=O)Oc1cc(C)ccc1C1(c2ccc(F)cc2)OC(=O)c2ccccc21. The molecule has 1 unspecified atom stereocenters. The van der Waals surface area contributed by atoms with Crippen LogP contribution in [0.15, 0.2) is 66.7 Å². The van der Waals surface area contributed by atoms with E-state index in [0.717, 1.165) is 5.56 Å². The molecule has 4 nitrogen and oxygen atoms in total. The Morgan fingerprint density at radius 1 is 1.00 bits per heavy atom. The summed E-state index contributed by atoms with van der Waals surface area (Å²) in [4.78, 5) is 24.4. The number of carbonyl (C=O) groups is 2. The van der Waals surface area contributed by atoms with Crippen molar-refractivity contribution >= 4 is 11.9 Å². The number of cyclic esters (lactones) is 1. The standard InChI is InChI=1S/C23H17FO4/c1-14-7-12-20(21(13-14)27-15(2)25)23(16-8-10-17(24)11-9-16)19-6-4-3-5-18(19)22(26)28-23/h3-13H,1-2H3. The summed E-state index contributed by atoms with van der Waals surface area (Å²) in [6.07, 6.45) is 0. The number of carbonyl (C=O) groups excluding carboxylic acids is 2. The van der Waals surface area contributed by atoms with Gasteiger partial charge in [-0.15, -0.1) is 0 Å². The van der Waals surface area contributed by atoms with E-state index in [0.29, 0.717) is 28.0 Å². The number of aryl methyl sites for hydroxylation is 1. The van der Waals surface area contributed by atoms with Crippen LogP contribution in [0.4, 0.5) is 4.39 Å². The molecule has 28 heavy (non-hydrogen) atoms. The number of halogens is 1. The van der Waals surface area contributed by atoms with Gasteiger partial charge in [0.2, 0.25) is 0 Å². The molecule has 0 amide bonds. The Balaban J connectivity index is 2.06. The number of hydrogen-bond donors (Lipinski definition) is 0. The maximum absolute atomic E-state index is 13.6. The minimum Gasteiger partial charge on any atom is -0.440 e. The smallest absolute Gasteiger partial charge is 0.340 e. The van der Waals surface area contributed by atoms with Crippen molar-refractivity contribution < 1.29 is 23.5 Å². The van der Waals surface area contributed by atoms with Gasteiger partial charge in [-0.05, 0) is 36.8 Å². The van der Waals surface area contributed by atoms with Crippen LogP contribution in [0.1, 0.15) is 39.5 Å². The maximum atomic E-state index is 13.6. The number of esters is 2. The highest BCUT2D eigenvalue weighted by Crippen LogP contribution is 2.49. The number of benzene rings is 3. The van der Waals surface area contributed by atoms with Gasteiger partial charge in [-0.1, -0.05) is 42.5 Å². The van der Waals surface area contributed by atoms with Crippen molar-refractivity contribution in [2.24, 2.45) is 0 Å². The molecular formula is C23H17FO4. The highest BCUT2D eigenvalue weighted by Gasteiger charge is 2.50. The van der Waals surface area contributed by atoms with E-state index < -0.39 is 23.4 Å². The van der Waals surface area contributed by atoms with Crippen molar-refractivity contribution in [3.63, 3.8) is 0 Å². The zero-order valence-corrected chi connectivity index (χ0v) is 15.4. The van der Waals surface area contributed by atoms with E-state index in [-0.39, 0.29) is 0 Å². The predicted molar refractivity (Wildman–Crippen MR) is 101 cm³/mol. The lowest BCUT2D eigenvalue weighted by Gasteiger charge is -2.31. The Kier molecular flexibility index (Phi) is 4.23. The fourth-order valence-electron chi connectivity index (χ4n) is 3.63. The third-order valence-electron chi connectivity index (χ3n) is 4.79. The van der Waals surface area contributed by atoms with Crippen LogP contribution in [0.5, 0.6) is 5.75 Å². The molecule has 0 radical (unpaired) electrons. The second-order valence-electron chi connectivity index (χ2n) is 6.72. The van der Waals surface area contributed by atoms with Crippen LogP contribution >= 0.6 is 0 Å². The first-order valence-electron chi connectivity index (χ1n) is 8.80. The van der Waals surface area contributed by atoms with Crippen LogP contribution in [0.25, 0.3) is 0 Å². The van der Waals surface area contributed by atoms with Crippen LogP contribution in [0.3, 0.4) is 0 Å². The minimum atomic E-state index is -1.35. The molecule has 1 aliphatic heterocycles. The van der Waals surface area contributed by atoms with Gasteiger partial charge < -0.3 is 9.47 Å². The molecule has 1 heterocycles. The normalized spacial score (nSPS) is 17.8. The number of fused-ring (bicyclic) bond motifs is 1. The minimum absolute atomic E-state index is 0.293. The van der Waals surface area contributed by atoms with Crippen LogP contribution < -0.4 is 4.74 Å². The summed E-state index contributed by atoms with van der Waals surface area (Å²) in [5, 5.41) is 0. The first-order valence-corrected chi connectivity index (χ1v) is 8.80. The summed E-state index contributed by atoms with van der Waals surface area (Å²) in [6.45, 7) is 3.18. The first kappa shape index (κ1) is 17.9. The molecule has 0 fully saturated rings. The van der Waals surface area contributed by atoms with Gasteiger partial charge in [0.05, 0.1) is 5.56 Å². The molecule has 140 valence electrons. The van der Waals surface area contributed by atoms with E-state index >= 15 is 0 Å². The predicted octanol–water partition coefficient (Wildman–Crippen LogP) is 4.52. The summed E-state index contributed by atoms with van der Waals surface area (Å²) < 4.78 is 25.0. The molecule has 0 bridgehead atoms. The van der Waals surface area contributed by atoms with Gasteiger partial charge in [0.1, 0.15) is 11.6 Å². The molecule has 0 aliphatic carbocycles. The molecule has 0 saturated carbocycles. The monoisotopic (exact) mass is 376 g/mol. The summed E-state index contributed by atoms with van der Waals surface area (Å²) >= 11 is 0. The Morgan fingerprint density at radius 3 is 2.43 bits per heavy atom. The van der Waals surface area contributed by atoms with Gasteiger partial charge in [0, 0.05) is 23.6 Å². The summed E-state index contributed by atoms with van der Waals surface area (Å²) in [5.74, 6) is -1.09. The lowest BCUT2D eigenvalue weighted by Crippen LogP contribution is -2.30. The Labute approximate surface area is 161 Å². The molecule has 0 aromatic heterocycles. The van der Waals surface area contributed by atoms with Crippen molar-refractivity contribution in [3.8, 4) is 5.75 Å². The topological polar surface area (TPSA) is 52.6 Å². The highest BCUT2D eigenvalue weighted by molar-refractivity contribution is 5.96. The molecule has 1 atom stereocenters. The third-order valence-corrected chi connectivity index (χ3v) is 4.79. The van der Waals surface area contributed by atoms with Gasteiger partial charge in [0.25, 0.3) is 0 Å². The largest absolute Gasteiger partial charge is 0.440 e. The number of rotatable bonds is 3. The van der Waals surface area contributed by atoms with Gasteiger partial charge in [-0.3, -0.25) is 4.79 Å². The second-order valence-corrected chi connectivity index (χ2v) is 6.72. The lowest BCUT2D eigenvalue weighted by atomic mass is 9.79.